The average Bonchev–Trinajstić information content (AvgIpc) is 2.89. The van der Waals surface area contributed by atoms with Gasteiger partial charge in [0.2, 0.25) is 0 Å². The fourth-order valence-corrected chi connectivity index (χ4v) is 3.37. The highest BCUT2D eigenvalue weighted by Gasteiger charge is 2.20. The van der Waals surface area contributed by atoms with Gasteiger partial charge in [-0.15, -0.1) is 0 Å². The molecule has 3 aromatic rings. The predicted molar refractivity (Wildman–Crippen MR) is 106 cm³/mol. The lowest BCUT2D eigenvalue weighted by Gasteiger charge is -2.10. The molecule has 0 atom stereocenters. The topological polar surface area (TPSA) is 43.3 Å². The molecule has 0 saturated carbocycles. The molecule has 2 aromatic carbocycles. The molecule has 25 heavy (non-hydrogen) atoms. The van der Waals surface area contributed by atoms with Gasteiger partial charge < -0.3 is 14.6 Å². The molecule has 130 valence electrons. The summed E-state index contributed by atoms with van der Waals surface area (Å²) in [5, 5.41) is 4.04. The summed E-state index contributed by atoms with van der Waals surface area (Å²) in [5.74, 6) is 0.724. The van der Waals surface area contributed by atoms with Crippen LogP contribution in [0.15, 0.2) is 46.9 Å². The van der Waals surface area contributed by atoms with Gasteiger partial charge in [-0.05, 0) is 68.8 Å². The monoisotopic (exact) mass is 400 g/mol. The number of benzene rings is 2. The van der Waals surface area contributed by atoms with Crippen LogP contribution in [0, 0.1) is 6.92 Å². The highest BCUT2D eigenvalue weighted by atomic mass is 79.9. The summed E-state index contributed by atoms with van der Waals surface area (Å²) in [7, 11) is 0. The number of ether oxygens (including phenoxy) is 1. The maximum Gasteiger partial charge on any atom is 0.272 e. The fraction of sp³-hybridized carbons (Fsp3) is 0.250. The number of rotatable bonds is 5. The van der Waals surface area contributed by atoms with Crippen LogP contribution in [0.3, 0.4) is 0 Å². The quantitative estimate of drug-likeness (QED) is 0.624. The minimum Gasteiger partial charge on any atom is -0.494 e. The molecule has 1 amide bonds. The van der Waals surface area contributed by atoms with Crippen molar-refractivity contribution in [1.29, 1.82) is 0 Å². The van der Waals surface area contributed by atoms with E-state index in [0.717, 1.165) is 38.9 Å². The number of nitrogens with one attached hydrogen (secondary N) is 1. The Morgan fingerprint density at radius 3 is 2.52 bits per heavy atom. The Morgan fingerprint density at radius 2 is 1.88 bits per heavy atom. The third kappa shape index (κ3) is 3.42. The number of carbonyl (C=O) groups excluding carboxylic acids is 1. The van der Waals surface area contributed by atoms with Crippen molar-refractivity contribution in [3.63, 3.8) is 0 Å². The van der Waals surface area contributed by atoms with Crippen LogP contribution in [0.4, 0.5) is 5.69 Å². The smallest absolute Gasteiger partial charge is 0.272 e. The molecule has 4 nitrogen and oxygen atoms in total. The number of halogens is 1. The molecule has 1 heterocycles. The second kappa shape index (κ2) is 7.31. The number of aryl methyl sites for hydroxylation is 2. The van der Waals surface area contributed by atoms with E-state index in [4.69, 9.17) is 4.74 Å². The molecule has 0 aliphatic carbocycles. The van der Waals surface area contributed by atoms with Gasteiger partial charge in [0.05, 0.1) is 6.61 Å². The van der Waals surface area contributed by atoms with E-state index in [9.17, 15) is 4.79 Å². The third-order valence-corrected chi connectivity index (χ3v) is 4.76. The van der Waals surface area contributed by atoms with Gasteiger partial charge in [-0.1, -0.05) is 15.9 Å². The van der Waals surface area contributed by atoms with Gasteiger partial charge in [-0.25, -0.2) is 0 Å². The van der Waals surface area contributed by atoms with Crippen LogP contribution in [0.2, 0.25) is 0 Å². The zero-order chi connectivity index (χ0) is 18.0. The Labute approximate surface area is 155 Å². The molecule has 3 rings (SSSR count). The van der Waals surface area contributed by atoms with Gasteiger partial charge in [0.1, 0.15) is 11.4 Å². The second-order valence-corrected chi connectivity index (χ2v) is 6.71. The Morgan fingerprint density at radius 1 is 1.16 bits per heavy atom. The standard InChI is InChI=1S/C20H21BrN2O2/c1-4-23-18-11-10-16(25-5-2)12-17(18)13(3)19(23)20(24)22-15-8-6-14(21)7-9-15/h6-12H,4-5H2,1-3H3,(H,22,24). The average molecular weight is 401 g/mol. The number of nitrogens with zero attached hydrogens (tertiary/aromatic N) is 1. The van der Waals surface area contributed by atoms with Gasteiger partial charge in [0, 0.05) is 27.6 Å². The summed E-state index contributed by atoms with van der Waals surface area (Å²) in [6.07, 6.45) is 0. The van der Waals surface area contributed by atoms with Crippen LogP contribution in [0.1, 0.15) is 29.9 Å². The lowest BCUT2D eigenvalue weighted by molar-refractivity contribution is 0.101. The molecule has 0 fully saturated rings. The number of anilines is 1. The Bertz CT molecular complexity index is 914. The first kappa shape index (κ1) is 17.5. The van der Waals surface area contributed by atoms with E-state index < -0.39 is 0 Å². The Hall–Kier alpha value is -2.27. The Kier molecular flexibility index (Phi) is 5.13. The highest BCUT2D eigenvalue weighted by Crippen LogP contribution is 2.30. The lowest BCUT2D eigenvalue weighted by atomic mass is 10.1. The molecule has 0 unspecified atom stereocenters. The summed E-state index contributed by atoms with van der Waals surface area (Å²) in [4.78, 5) is 12.9. The number of carbonyl (C=O) groups is 1. The van der Waals surface area contributed by atoms with E-state index in [1.54, 1.807) is 0 Å². The van der Waals surface area contributed by atoms with Gasteiger partial charge in [-0.3, -0.25) is 4.79 Å². The van der Waals surface area contributed by atoms with Crippen LogP contribution in [-0.2, 0) is 6.54 Å². The van der Waals surface area contributed by atoms with Crippen LogP contribution in [0.5, 0.6) is 5.75 Å². The summed E-state index contributed by atoms with van der Waals surface area (Å²) in [6.45, 7) is 7.34. The van der Waals surface area contributed by atoms with E-state index in [0.29, 0.717) is 12.3 Å². The summed E-state index contributed by atoms with van der Waals surface area (Å²) in [6, 6.07) is 13.6. The molecule has 0 aliphatic rings. The molecule has 5 heteroatoms. The summed E-state index contributed by atoms with van der Waals surface area (Å²) >= 11 is 3.41. The molecule has 0 spiro atoms. The first-order valence-corrected chi connectivity index (χ1v) is 9.17. The first-order valence-electron chi connectivity index (χ1n) is 8.37. The highest BCUT2D eigenvalue weighted by molar-refractivity contribution is 9.10. The molecule has 0 aliphatic heterocycles. The molecule has 1 aromatic heterocycles. The first-order chi connectivity index (χ1) is 12.0. The lowest BCUT2D eigenvalue weighted by Crippen LogP contribution is -2.17. The van der Waals surface area contributed by atoms with E-state index in [-0.39, 0.29) is 5.91 Å². The Balaban J connectivity index is 2.03. The van der Waals surface area contributed by atoms with Crippen molar-refractivity contribution >= 4 is 38.4 Å². The van der Waals surface area contributed by atoms with Crippen molar-refractivity contribution in [3.8, 4) is 5.75 Å². The zero-order valence-electron chi connectivity index (χ0n) is 14.6. The SMILES string of the molecule is CCOc1ccc2c(c1)c(C)c(C(=O)Nc1ccc(Br)cc1)n2CC. The number of hydrogen-bond acceptors (Lipinski definition) is 2. The molecular formula is C20H21BrN2O2. The maximum absolute atomic E-state index is 12.9. The van der Waals surface area contributed by atoms with E-state index in [1.165, 1.54) is 0 Å². The normalized spacial score (nSPS) is 10.9. The summed E-state index contributed by atoms with van der Waals surface area (Å²) in [5.41, 5.74) is 3.47. The van der Waals surface area contributed by atoms with Crippen LogP contribution in [0.25, 0.3) is 10.9 Å². The van der Waals surface area contributed by atoms with Gasteiger partial charge >= 0.3 is 0 Å². The second-order valence-electron chi connectivity index (χ2n) is 5.79. The van der Waals surface area contributed by atoms with Crippen molar-refractivity contribution in [2.75, 3.05) is 11.9 Å². The minimum atomic E-state index is -0.101. The van der Waals surface area contributed by atoms with E-state index in [1.807, 2.05) is 63.2 Å². The van der Waals surface area contributed by atoms with Crippen LogP contribution in [-0.4, -0.2) is 17.1 Å². The fourth-order valence-electron chi connectivity index (χ4n) is 3.10. The van der Waals surface area contributed by atoms with Crippen molar-refractivity contribution < 1.29 is 9.53 Å². The number of aromatic nitrogens is 1. The summed E-state index contributed by atoms with van der Waals surface area (Å²) < 4.78 is 8.63. The van der Waals surface area contributed by atoms with E-state index in [2.05, 4.69) is 25.8 Å². The third-order valence-electron chi connectivity index (χ3n) is 4.23. The minimum absolute atomic E-state index is 0.101. The van der Waals surface area contributed by atoms with Crippen molar-refractivity contribution in [2.24, 2.45) is 0 Å². The maximum atomic E-state index is 12.9. The largest absolute Gasteiger partial charge is 0.494 e. The van der Waals surface area contributed by atoms with Gasteiger partial charge in [-0.2, -0.15) is 0 Å². The predicted octanol–water partition coefficient (Wildman–Crippen LogP) is 5.38. The van der Waals surface area contributed by atoms with Crippen LogP contribution >= 0.6 is 15.9 Å². The number of fused-ring (bicyclic) bond motifs is 1. The molecular weight excluding hydrogens is 380 g/mol. The van der Waals surface area contributed by atoms with Crippen molar-refractivity contribution in [3.05, 3.63) is 58.2 Å². The molecule has 0 radical (unpaired) electrons. The molecule has 1 N–H and O–H groups in total. The van der Waals surface area contributed by atoms with Crippen molar-refractivity contribution in [1.82, 2.24) is 4.57 Å². The number of amides is 1. The molecule has 0 bridgehead atoms. The van der Waals surface area contributed by atoms with Gasteiger partial charge in [0.15, 0.2) is 0 Å². The van der Waals surface area contributed by atoms with Gasteiger partial charge in [0.25, 0.3) is 5.91 Å². The van der Waals surface area contributed by atoms with Crippen molar-refractivity contribution in [2.45, 2.75) is 27.3 Å². The number of hydrogen-bond donors (Lipinski definition) is 1. The van der Waals surface area contributed by atoms with Crippen LogP contribution < -0.4 is 10.1 Å². The van der Waals surface area contributed by atoms with E-state index >= 15 is 0 Å². The molecule has 0 saturated heterocycles. The zero-order valence-corrected chi connectivity index (χ0v) is 16.2.